The minimum atomic E-state index is -3.19. The molecule has 0 bridgehead atoms. The number of sulfone groups is 1. The zero-order valence-corrected chi connectivity index (χ0v) is 8.93. The molecule has 1 aromatic rings. The van der Waals surface area contributed by atoms with Crippen molar-refractivity contribution in [2.24, 2.45) is 0 Å². The Morgan fingerprint density at radius 2 is 2.21 bits per heavy atom. The van der Waals surface area contributed by atoms with Crippen LogP contribution in [0.4, 0.5) is 0 Å². The van der Waals surface area contributed by atoms with E-state index < -0.39 is 15.8 Å². The molecule has 0 atom stereocenters. The van der Waals surface area contributed by atoms with Gasteiger partial charge < -0.3 is 5.11 Å². The Hall–Kier alpha value is -1.14. The van der Waals surface area contributed by atoms with Gasteiger partial charge in [-0.25, -0.2) is 13.2 Å². The van der Waals surface area contributed by atoms with Crippen molar-refractivity contribution >= 4 is 33.2 Å². The van der Waals surface area contributed by atoms with E-state index in [1.54, 1.807) is 0 Å². The zero-order chi connectivity index (χ0) is 10.8. The van der Waals surface area contributed by atoms with Gasteiger partial charge in [0.2, 0.25) is 0 Å². The minimum absolute atomic E-state index is 0.215. The predicted molar refractivity (Wildman–Crippen MR) is 54.1 cm³/mol. The average molecular weight is 232 g/mol. The van der Waals surface area contributed by atoms with Crippen molar-refractivity contribution in [3.05, 3.63) is 22.4 Å². The molecular weight excluding hydrogens is 224 g/mol. The van der Waals surface area contributed by atoms with E-state index in [2.05, 4.69) is 0 Å². The lowest BCUT2D eigenvalue weighted by Crippen LogP contribution is -1.93. The van der Waals surface area contributed by atoms with Crippen molar-refractivity contribution in [3.8, 4) is 0 Å². The van der Waals surface area contributed by atoms with E-state index in [4.69, 9.17) is 5.11 Å². The van der Waals surface area contributed by atoms with E-state index in [9.17, 15) is 13.2 Å². The first-order valence-electron chi connectivity index (χ1n) is 3.59. The molecule has 14 heavy (non-hydrogen) atoms. The third-order valence-corrected chi connectivity index (χ3v) is 3.55. The minimum Gasteiger partial charge on any atom is -0.478 e. The van der Waals surface area contributed by atoms with Gasteiger partial charge in [-0.3, -0.25) is 0 Å². The molecule has 0 radical (unpaired) electrons. The van der Waals surface area contributed by atoms with Gasteiger partial charge in [0.25, 0.3) is 0 Å². The van der Waals surface area contributed by atoms with Crippen LogP contribution in [0.1, 0.15) is 4.88 Å². The summed E-state index contributed by atoms with van der Waals surface area (Å²) in [5.41, 5.74) is 0. The van der Waals surface area contributed by atoms with Gasteiger partial charge in [-0.2, -0.15) is 0 Å². The fourth-order valence-electron chi connectivity index (χ4n) is 0.770. The molecule has 0 aromatic carbocycles. The maximum Gasteiger partial charge on any atom is 0.328 e. The lowest BCUT2D eigenvalue weighted by molar-refractivity contribution is -0.131. The zero-order valence-electron chi connectivity index (χ0n) is 7.30. The van der Waals surface area contributed by atoms with Gasteiger partial charge in [0.15, 0.2) is 9.84 Å². The molecule has 76 valence electrons. The summed E-state index contributed by atoms with van der Waals surface area (Å²) in [6.45, 7) is 0. The van der Waals surface area contributed by atoms with E-state index in [1.807, 2.05) is 0 Å². The van der Waals surface area contributed by atoms with E-state index in [0.717, 1.165) is 12.3 Å². The van der Waals surface area contributed by atoms with Crippen molar-refractivity contribution in [1.82, 2.24) is 0 Å². The maximum atomic E-state index is 11.1. The molecule has 0 unspecified atom stereocenters. The molecule has 0 saturated heterocycles. The highest BCUT2D eigenvalue weighted by Crippen LogP contribution is 2.20. The number of hydrogen-bond donors (Lipinski definition) is 1. The van der Waals surface area contributed by atoms with Crippen LogP contribution in [-0.2, 0) is 14.6 Å². The molecule has 0 saturated carbocycles. The van der Waals surface area contributed by atoms with Crippen LogP contribution in [0.3, 0.4) is 0 Å². The van der Waals surface area contributed by atoms with Crippen LogP contribution in [0.25, 0.3) is 6.08 Å². The topological polar surface area (TPSA) is 71.4 Å². The summed E-state index contributed by atoms with van der Waals surface area (Å²) in [6.07, 6.45) is 3.44. The molecule has 0 fully saturated rings. The summed E-state index contributed by atoms with van der Waals surface area (Å²) in [6, 6.07) is 1.44. The second-order valence-electron chi connectivity index (χ2n) is 2.63. The highest BCUT2D eigenvalue weighted by Gasteiger charge is 2.08. The quantitative estimate of drug-likeness (QED) is 0.796. The number of carboxylic acids is 1. The molecule has 0 spiro atoms. The SMILES string of the molecule is CS(=O)(=O)c1csc(C=CC(=O)O)c1. The monoisotopic (exact) mass is 232 g/mol. The molecule has 1 aromatic heterocycles. The van der Waals surface area contributed by atoms with Crippen LogP contribution in [0.2, 0.25) is 0 Å². The fraction of sp³-hybridized carbons (Fsp3) is 0.125. The molecule has 6 heteroatoms. The number of carbonyl (C=O) groups is 1. The highest BCUT2D eigenvalue weighted by atomic mass is 32.2. The standard InChI is InChI=1S/C8H8O4S2/c1-14(11,12)7-4-6(13-5-7)2-3-8(9)10/h2-5H,1H3,(H,9,10). The number of aliphatic carboxylic acids is 1. The first-order chi connectivity index (χ1) is 6.39. The van der Waals surface area contributed by atoms with Crippen molar-refractivity contribution in [2.45, 2.75) is 4.90 Å². The molecule has 0 aliphatic carbocycles. The first kappa shape index (κ1) is 10.9. The van der Waals surface area contributed by atoms with Gasteiger partial charge in [0.1, 0.15) is 0 Å². The van der Waals surface area contributed by atoms with E-state index >= 15 is 0 Å². The van der Waals surface area contributed by atoms with Gasteiger partial charge in [-0.1, -0.05) is 0 Å². The van der Waals surface area contributed by atoms with E-state index in [1.165, 1.54) is 28.9 Å². The summed E-state index contributed by atoms with van der Waals surface area (Å²) in [4.78, 5) is 11.0. The van der Waals surface area contributed by atoms with Crippen molar-refractivity contribution in [3.63, 3.8) is 0 Å². The van der Waals surface area contributed by atoms with Gasteiger partial charge in [0, 0.05) is 22.6 Å². The summed E-state index contributed by atoms with van der Waals surface area (Å²) in [7, 11) is -3.19. The van der Waals surface area contributed by atoms with Crippen molar-refractivity contribution in [2.75, 3.05) is 6.26 Å². The van der Waals surface area contributed by atoms with Gasteiger partial charge >= 0.3 is 5.97 Å². The number of hydrogen-bond acceptors (Lipinski definition) is 4. The number of rotatable bonds is 3. The van der Waals surface area contributed by atoms with Crippen molar-refractivity contribution < 1.29 is 18.3 Å². The van der Waals surface area contributed by atoms with Crippen molar-refractivity contribution in [1.29, 1.82) is 0 Å². The second-order valence-corrected chi connectivity index (χ2v) is 5.59. The van der Waals surface area contributed by atoms with Crippen LogP contribution in [0.5, 0.6) is 0 Å². The van der Waals surface area contributed by atoms with Crippen LogP contribution in [0.15, 0.2) is 22.4 Å². The summed E-state index contributed by atoms with van der Waals surface area (Å²) in [5.74, 6) is -1.06. The molecular formula is C8H8O4S2. The van der Waals surface area contributed by atoms with Crippen LogP contribution >= 0.6 is 11.3 Å². The maximum absolute atomic E-state index is 11.1. The molecule has 0 aliphatic heterocycles. The fourth-order valence-corrected chi connectivity index (χ4v) is 2.69. The van der Waals surface area contributed by atoms with E-state index in [-0.39, 0.29) is 4.90 Å². The Balaban J connectivity index is 2.95. The normalized spacial score (nSPS) is 12.1. The Bertz CT molecular complexity index is 467. The van der Waals surface area contributed by atoms with Gasteiger partial charge in [-0.05, 0) is 12.1 Å². The Labute approximate surface area is 85.4 Å². The second kappa shape index (κ2) is 3.93. The van der Waals surface area contributed by atoms with Crippen LogP contribution in [0, 0.1) is 0 Å². The van der Waals surface area contributed by atoms with Gasteiger partial charge in [0.05, 0.1) is 4.90 Å². The predicted octanol–water partition coefficient (Wildman–Crippen LogP) is 1.25. The molecule has 0 amide bonds. The van der Waals surface area contributed by atoms with Crippen LogP contribution < -0.4 is 0 Å². The summed E-state index contributed by atoms with van der Waals surface area (Å²) in [5, 5.41) is 9.82. The third kappa shape index (κ3) is 2.97. The number of thiophene rings is 1. The average Bonchev–Trinajstić information content (AvgIpc) is 2.47. The summed E-state index contributed by atoms with van der Waals surface area (Å²) < 4.78 is 22.1. The lowest BCUT2D eigenvalue weighted by Gasteiger charge is -1.87. The Kier molecular flexibility index (Phi) is 3.07. The molecule has 0 aliphatic rings. The van der Waals surface area contributed by atoms with Crippen LogP contribution in [-0.4, -0.2) is 25.7 Å². The smallest absolute Gasteiger partial charge is 0.328 e. The van der Waals surface area contributed by atoms with Gasteiger partial charge in [-0.15, -0.1) is 11.3 Å². The Morgan fingerprint density at radius 1 is 1.57 bits per heavy atom. The third-order valence-electron chi connectivity index (χ3n) is 1.41. The Morgan fingerprint density at radius 3 is 2.64 bits per heavy atom. The first-order valence-corrected chi connectivity index (χ1v) is 6.36. The molecule has 1 heterocycles. The molecule has 1 rings (SSSR count). The molecule has 1 N–H and O–H groups in total. The highest BCUT2D eigenvalue weighted by molar-refractivity contribution is 7.90. The largest absolute Gasteiger partial charge is 0.478 e. The van der Waals surface area contributed by atoms with E-state index in [0.29, 0.717) is 4.88 Å². The number of carboxylic acid groups (broad SMARTS) is 1. The summed E-state index contributed by atoms with van der Waals surface area (Å²) >= 11 is 1.19. The molecule has 4 nitrogen and oxygen atoms in total. The lowest BCUT2D eigenvalue weighted by atomic mass is 10.4.